The molecule has 0 saturated heterocycles. The number of sulfonamides is 1. The summed E-state index contributed by atoms with van der Waals surface area (Å²) in [7, 11) is -2.04. The van der Waals surface area contributed by atoms with Crippen LogP contribution in [0.4, 0.5) is 0 Å². The van der Waals surface area contributed by atoms with Crippen molar-refractivity contribution in [3.63, 3.8) is 0 Å². The molecule has 118 valence electrons. The zero-order chi connectivity index (χ0) is 15.8. The van der Waals surface area contributed by atoms with Gasteiger partial charge in [-0.1, -0.05) is 31.5 Å². The quantitative estimate of drug-likeness (QED) is 0.862. The highest BCUT2D eigenvalue weighted by Gasteiger charge is 2.50. The fraction of sp³-hybridized carbons (Fsp3) is 0.571. The van der Waals surface area contributed by atoms with E-state index >= 15 is 0 Å². The number of methoxy groups -OCH3 is 1. The molecule has 0 radical (unpaired) electrons. The third-order valence-corrected chi connectivity index (χ3v) is 6.23. The monoisotopic (exact) mass is 332 g/mol. The molecule has 7 heteroatoms. The van der Waals surface area contributed by atoms with E-state index in [2.05, 4.69) is 4.72 Å². The molecule has 0 heterocycles. The van der Waals surface area contributed by atoms with Crippen LogP contribution < -0.4 is 10.5 Å². The largest absolute Gasteiger partial charge is 0.381 e. The fourth-order valence-electron chi connectivity index (χ4n) is 2.62. The minimum atomic E-state index is -3.68. The summed E-state index contributed by atoms with van der Waals surface area (Å²) in [6.07, 6.45) is 0.702. The molecule has 1 aromatic rings. The first-order chi connectivity index (χ1) is 9.72. The van der Waals surface area contributed by atoms with Gasteiger partial charge in [0.25, 0.3) is 0 Å². The Kier molecular flexibility index (Phi) is 4.66. The van der Waals surface area contributed by atoms with E-state index in [4.69, 9.17) is 22.1 Å². The van der Waals surface area contributed by atoms with Crippen LogP contribution in [0.2, 0.25) is 5.02 Å². The van der Waals surface area contributed by atoms with Crippen molar-refractivity contribution in [1.82, 2.24) is 4.72 Å². The van der Waals surface area contributed by atoms with E-state index in [1.807, 2.05) is 13.8 Å². The van der Waals surface area contributed by atoms with Gasteiger partial charge in [-0.25, -0.2) is 13.1 Å². The van der Waals surface area contributed by atoms with Crippen molar-refractivity contribution >= 4 is 21.6 Å². The molecule has 2 atom stereocenters. The molecule has 0 amide bonds. The van der Waals surface area contributed by atoms with Crippen LogP contribution in [-0.4, -0.2) is 27.7 Å². The first-order valence-electron chi connectivity index (χ1n) is 6.76. The number of nitrogens with one attached hydrogen (secondary N) is 1. The summed E-state index contributed by atoms with van der Waals surface area (Å²) in [6, 6.07) is 4.62. The Bertz CT molecular complexity index is 631. The predicted octanol–water partition coefficient (Wildman–Crippen LogP) is 1.89. The first kappa shape index (κ1) is 16.7. The second kappa shape index (κ2) is 5.85. The Morgan fingerprint density at radius 3 is 2.67 bits per heavy atom. The van der Waals surface area contributed by atoms with Crippen LogP contribution in [0, 0.1) is 5.41 Å². The van der Waals surface area contributed by atoms with Crippen molar-refractivity contribution in [2.75, 3.05) is 7.11 Å². The maximum absolute atomic E-state index is 12.5. The Morgan fingerprint density at radius 1 is 1.48 bits per heavy atom. The summed E-state index contributed by atoms with van der Waals surface area (Å²) in [6.45, 7) is 4.23. The summed E-state index contributed by atoms with van der Waals surface area (Å²) in [5.74, 6) is 0. The predicted molar refractivity (Wildman–Crippen MR) is 82.6 cm³/mol. The van der Waals surface area contributed by atoms with Gasteiger partial charge < -0.3 is 10.5 Å². The van der Waals surface area contributed by atoms with Gasteiger partial charge in [0.05, 0.1) is 11.1 Å². The molecule has 3 N–H and O–H groups in total. The summed E-state index contributed by atoms with van der Waals surface area (Å²) < 4.78 is 33.1. The van der Waals surface area contributed by atoms with Crippen LogP contribution >= 0.6 is 11.6 Å². The van der Waals surface area contributed by atoms with Crippen LogP contribution in [0.1, 0.15) is 25.8 Å². The third-order valence-electron chi connectivity index (χ3n) is 4.28. The lowest BCUT2D eigenvalue weighted by molar-refractivity contribution is -0.0908. The molecule has 1 saturated carbocycles. The highest BCUT2D eigenvalue weighted by molar-refractivity contribution is 7.89. The zero-order valence-electron chi connectivity index (χ0n) is 12.4. The highest BCUT2D eigenvalue weighted by atomic mass is 35.5. The van der Waals surface area contributed by atoms with Crippen molar-refractivity contribution < 1.29 is 13.2 Å². The van der Waals surface area contributed by atoms with Crippen molar-refractivity contribution in [3.05, 3.63) is 28.8 Å². The van der Waals surface area contributed by atoms with Crippen molar-refractivity contribution in [1.29, 1.82) is 0 Å². The van der Waals surface area contributed by atoms with Gasteiger partial charge in [-0.3, -0.25) is 0 Å². The maximum atomic E-state index is 12.5. The number of nitrogens with two attached hydrogens (primary N) is 1. The van der Waals surface area contributed by atoms with Gasteiger partial charge in [-0.15, -0.1) is 0 Å². The summed E-state index contributed by atoms with van der Waals surface area (Å²) in [4.78, 5) is 0.0729. The van der Waals surface area contributed by atoms with E-state index in [-0.39, 0.29) is 34.0 Å². The van der Waals surface area contributed by atoms with E-state index in [0.29, 0.717) is 6.42 Å². The Balaban J connectivity index is 2.24. The van der Waals surface area contributed by atoms with E-state index < -0.39 is 10.0 Å². The molecule has 21 heavy (non-hydrogen) atoms. The van der Waals surface area contributed by atoms with Crippen LogP contribution in [0.3, 0.4) is 0 Å². The van der Waals surface area contributed by atoms with E-state index in [0.717, 1.165) is 5.56 Å². The lowest BCUT2D eigenvalue weighted by atomic mass is 9.65. The second-order valence-electron chi connectivity index (χ2n) is 5.92. The normalized spacial score (nSPS) is 24.6. The number of hydrogen-bond donors (Lipinski definition) is 2. The Hall–Kier alpha value is -0.660. The Labute approximate surface area is 130 Å². The van der Waals surface area contributed by atoms with Gasteiger partial charge in [0.15, 0.2) is 0 Å². The molecular weight excluding hydrogens is 312 g/mol. The topological polar surface area (TPSA) is 81.4 Å². The van der Waals surface area contributed by atoms with Gasteiger partial charge in [-0.2, -0.15) is 0 Å². The molecule has 1 aliphatic carbocycles. The Morgan fingerprint density at radius 2 is 2.14 bits per heavy atom. The van der Waals surface area contributed by atoms with Crippen LogP contribution in [0.25, 0.3) is 0 Å². The average Bonchev–Trinajstić information content (AvgIpc) is 2.43. The second-order valence-corrected chi connectivity index (χ2v) is 8.01. The smallest absolute Gasteiger partial charge is 0.242 e. The van der Waals surface area contributed by atoms with Crippen LogP contribution in [0.15, 0.2) is 23.1 Å². The molecular formula is C14H21ClN2O3S. The summed E-state index contributed by atoms with van der Waals surface area (Å²) in [5, 5.41) is 0.195. The minimum absolute atomic E-state index is 0.0519. The number of hydrogen-bond acceptors (Lipinski definition) is 4. The molecule has 0 bridgehead atoms. The lowest BCUT2D eigenvalue weighted by Gasteiger charge is -2.50. The van der Waals surface area contributed by atoms with Crippen molar-refractivity contribution in [3.8, 4) is 0 Å². The fourth-order valence-corrected chi connectivity index (χ4v) is 4.57. The molecule has 2 rings (SSSR count). The summed E-state index contributed by atoms with van der Waals surface area (Å²) >= 11 is 6.02. The molecule has 1 fully saturated rings. The van der Waals surface area contributed by atoms with Crippen molar-refractivity contribution in [2.45, 2.75) is 43.9 Å². The van der Waals surface area contributed by atoms with Crippen molar-refractivity contribution in [2.24, 2.45) is 11.1 Å². The number of benzene rings is 1. The van der Waals surface area contributed by atoms with E-state index in [1.54, 1.807) is 19.2 Å². The average molecular weight is 333 g/mol. The number of rotatable bonds is 5. The van der Waals surface area contributed by atoms with E-state index in [1.165, 1.54) is 6.07 Å². The number of halogens is 1. The van der Waals surface area contributed by atoms with Crippen LogP contribution in [0.5, 0.6) is 0 Å². The van der Waals surface area contributed by atoms with Gasteiger partial charge in [0.1, 0.15) is 4.90 Å². The molecule has 1 aromatic carbocycles. The highest BCUT2D eigenvalue weighted by Crippen LogP contribution is 2.43. The maximum Gasteiger partial charge on any atom is 0.242 e. The third kappa shape index (κ3) is 3.10. The summed E-state index contributed by atoms with van der Waals surface area (Å²) in [5.41, 5.74) is 6.03. The first-order valence-corrected chi connectivity index (χ1v) is 8.62. The molecule has 0 aliphatic heterocycles. The molecule has 2 unspecified atom stereocenters. The minimum Gasteiger partial charge on any atom is -0.381 e. The zero-order valence-corrected chi connectivity index (χ0v) is 14.0. The molecule has 1 aliphatic rings. The standard InChI is InChI=1S/C14H21ClN2O3S/c1-14(2)12(7-13(14)20-3)17-21(18,19)11-6-9(8-16)4-5-10(11)15/h4-6,12-13,17H,7-8,16H2,1-3H3. The lowest BCUT2D eigenvalue weighted by Crippen LogP contribution is -2.61. The number of ether oxygens (including phenoxy) is 1. The SMILES string of the molecule is COC1CC(NS(=O)(=O)c2cc(CN)ccc2Cl)C1(C)C. The van der Waals surface area contributed by atoms with Crippen LogP contribution in [-0.2, 0) is 21.3 Å². The molecule has 0 spiro atoms. The van der Waals surface area contributed by atoms with Gasteiger partial charge in [-0.05, 0) is 24.1 Å². The molecule has 0 aromatic heterocycles. The van der Waals surface area contributed by atoms with Gasteiger partial charge in [0.2, 0.25) is 10.0 Å². The van der Waals surface area contributed by atoms with E-state index in [9.17, 15) is 8.42 Å². The molecule has 5 nitrogen and oxygen atoms in total. The van der Waals surface area contributed by atoms with Gasteiger partial charge >= 0.3 is 0 Å². The van der Waals surface area contributed by atoms with Gasteiger partial charge in [0, 0.05) is 25.1 Å².